The molecule has 1 aromatic heterocycles. The molecule has 3 nitrogen and oxygen atoms in total. The second kappa shape index (κ2) is 4.09. The normalized spacial score (nSPS) is 18.1. The number of piperidine rings is 1. The Morgan fingerprint density at radius 3 is 2.60 bits per heavy atom. The lowest BCUT2D eigenvalue weighted by molar-refractivity contribution is 0.433. The summed E-state index contributed by atoms with van der Waals surface area (Å²) in [5, 5.41) is 0. The summed E-state index contributed by atoms with van der Waals surface area (Å²) in [7, 11) is 1.84. The van der Waals surface area contributed by atoms with Crippen LogP contribution in [0.5, 0.6) is 0 Å². The van der Waals surface area contributed by atoms with Gasteiger partial charge in [-0.1, -0.05) is 13.0 Å². The Balaban J connectivity index is 2.23. The Hall–Kier alpha value is -1.25. The van der Waals surface area contributed by atoms with Gasteiger partial charge >= 0.3 is 0 Å². The molecule has 0 aliphatic carbocycles. The molecule has 82 valence electrons. The minimum absolute atomic E-state index is 0.0751. The van der Waals surface area contributed by atoms with E-state index in [0.29, 0.717) is 0 Å². The summed E-state index contributed by atoms with van der Waals surface area (Å²) in [6, 6.07) is 5.48. The second-order valence-electron chi connectivity index (χ2n) is 4.45. The topological polar surface area (TPSA) is 25.2 Å². The molecular weight excluding hydrogens is 188 g/mol. The molecule has 0 N–H and O–H groups in total. The first-order valence-corrected chi connectivity index (χ1v) is 5.59. The molecule has 1 aromatic rings. The highest BCUT2D eigenvalue weighted by Crippen LogP contribution is 2.21. The largest absolute Gasteiger partial charge is 0.358 e. The van der Waals surface area contributed by atoms with Crippen molar-refractivity contribution in [3.63, 3.8) is 0 Å². The van der Waals surface area contributed by atoms with Crippen molar-refractivity contribution in [1.29, 1.82) is 0 Å². The number of pyridine rings is 1. The van der Waals surface area contributed by atoms with Gasteiger partial charge in [0.05, 0.1) is 0 Å². The fourth-order valence-corrected chi connectivity index (χ4v) is 2.11. The van der Waals surface area contributed by atoms with Crippen LogP contribution in [0, 0.1) is 5.92 Å². The minimum atomic E-state index is 0.0751. The molecule has 3 heteroatoms. The van der Waals surface area contributed by atoms with E-state index in [-0.39, 0.29) is 5.56 Å². The van der Waals surface area contributed by atoms with E-state index >= 15 is 0 Å². The highest BCUT2D eigenvalue weighted by molar-refractivity contribution is 5.39. The average molecular weight is 206 g/mol. The molecule has 0 bridgehead atoms. The highest BCUT2D eigenvalue weighted by atomic mass is 16.1. The molecule has 1 saturated heterocycles. The molecule has 2 heterocycles. The lowest BCUT2D eigenvalue weighted by Gasteiger charge is -2.32. The number of rotatable bonds is 1. The van der Waals surface area contributed by atoms with E-state index in [4.69, 9.17) is 0 Å². The maximum absolute atomic E-state index is 11.5. The maximum Gasteiger partial charge on any atom is 0.251 e. The van der Waals surface area contributed by atoms with E-state index in [1.54, 1.807) is 10.6 Å². The molecule has 1 aliphatic heterocycles. The molecule has 0 unspecified atom stereocenters. The predicted molar refractivity (Wildman–Crippen MR) is 62.3 cm³/mol. The maximum atomic E-state index is 11.5. The van der Waals surface area contributed by atoms with Crippen molar-refractivity contribution in [3.8, 4) is 0 Å². The Morgan fingerprint density at radius 2 is 1.93 bits per heavy atom. The van der Waals surface area contributed by atoms with Crippen LogP contribution in [-0.2, 0) is 7.05 Å². The molecule has 2 rings (SSSR count). The first-order valence-electron chi connectivity index (χ1n) is 5.59. The van der Waals surface area contributed by atoms with Gasteiger partial charge in [-0.25, -0.2) is 0 Å². The zero-order valence-electron chi connectivity index (χ0n) is 9.44. The number of hydrogen-bond acceptors (Lipinski definition) is 2. The van der Waals surface area contributed by atoms with E-state index in [1.165, 1.54) is 12.8 Å². The fourth-order valence-electron chi connectivity index (χ4n) is 2.11. The Kier molecular flexibility index (Phi) is 2.80. The fraction of sp³-hybridized carbons (Fsp3) is 0.583. The van der Waals surface area contributed by atoms with Crippen molar-refractivity contribution in [3.05, 3.63) is 28.6 Å². The predicted octanol–water partition coefficient (Wildman–Crippen LogP) is 1.62. The van der Waals surface area contributed by atoms with Crippen molar-refractivity contribution < 1.29 is 0 Å². The highest BCUT2D eigenvalue weighted by Gasteiger charge is 2.17. The molecular formula is C12H18N2O. The number of aromatic nitrogens is 1. The second-order valence-corrected chi connectivity index (χ2v) is 4.45. The van der Waals surface area contributed by atoms with Gasteiger partial charge in [0.25, 0.3) is 5.56 Å². The third kappa shape index (κ3) is 2.06. The van der Waals surface area contributed by atoms with Crippen molar-refractivity contribution in [2.75, 3.05) is 18.0 Å². The number of hydrogen-bond donors (Lipinski definition) is 0. The van der Waals surface area contributed by atoms with Crippen LogP contribution in [-0.4, -0.2) is 17.7 Å². The van der Waals surface area contributed by atoms with Crippen LogP contribution < -0.4 is 10.5 Å². The van der Waals surface area contributed by atoms with E-state index in [9.17, 15) is 4.79 Å². The first kappa shape index (κ1) is 10.3. The van der Waals surface area contributed by atoms with Crippen LogP contribution in [0.25, 0.3) is 0 Å². The monoisotopic (exact) mass is 206 g/mol. The zero-order valence-corrected chi connectivity index (χ0v) is 9.44. The van der Waals surface area contributed by atoms with Crippen molar-refractivity contribution in [2.24, 2.45) is 13.0 Å². The molecule has 15 heavy (non-hydrogen) atoms. The van der Waals surface area contributed by atoms with Gasteiger partial charge in [0.15, 0.2) is 0 Å². The molecule has 1 aliphatic rings. The standard InChI is InChI=1S/C12H18N2O/c1-10-6-8-14(9-7-10)11-4-3-5-12(15)13(11)2/h3-5,10H,6-9H2,1-2H3. The van der Waals surface area contributed by atoms with Gasteiger partial charge in [-0.05, 0) is 24.8 Å². The van der Waals surface area contributed by atoms with Crippen LogP contribution >= 0.6 is 0 Å². The van der Waals surface area contributed by atoms with E-state index in [1.807, 2.05) is 19.2 Å². The van der Waals surface area contributed by atoms with Crippen molar-refractivity contribution in [2.45, 2.75) is 19.8 Å². The molecule has 0 atom stereocenters. The van der Waals surface area contributed by atoms with Crippen LogP contribution in [0.1, 0.15) is 19.8 Å². The lowest BCUT2D eigenvalue weighted by Crippen LogP contribution is -2.36. The summed E-state index contributed by atoms with van der Waals surface area (Å²) in [5.74, 6) is 1.87. The zero-order chi connectivity index (χ0) is 10.8. The summed E-state index contributed by atoms with van der Waals surface area (Å²) in [6.07, 6.45) is 2.45. The van der Waals surface area contributed by atoms with Gasteiger partial charge < -0.3 is 4.90 Å². The first-order chi connectivity index (χ1) is 7.18. The van der Waals surface area contributed by atoms with Gasteiger partial charge in [-0.3, -0.25) is 9.36 Å². The summed E-state index contributed by atoms with van der Waals surface area (Å²) in [5.41, 5.74) is 0.0751. The third-order valence-corrected chi connectivity index (χ3v) is 3.27. The SMILES string of the molecule is CC1CCN(c2cccc(=O)n2C)CC1. The molecule has 0 spiro atoms. The van der Waals surface area contributed by atoms with Crippen LogP contribution in [0.2, 0.25) is 0 Å². The average Bonchev–Trinajstić information content (AvgIpc) is 2.24. The summed E-state index contributed by atoms with van der Waals surface area (Å²) in [4.78, 5) is 13.8. The number of nitrogens with zero attached hydrogens (tertiary/aromatic N) is 2. The third-order valence-electron chi connectivity index (χ3n) is 3.27. The Labute approximate surface area is 90.3 Å². The summed E-state index contributed by atoms with van der Waals surface area (Å²) >= 11 is 0. The minimum Gasteiger partial charge on any atom is -0.358 e. The Bertz CT molecular complexity index is 389. The van der Waals surface area contributed by atoms with E-state index in [0.717, 1.165) is 24.8 Å². The quantitative estimate of drug-likeness (QED) is 0.697. The lowest BCUT2D eigenvalue weighted by atomic mass is 9.99. The summed E-state index contributed by atoms with van der Waals surface area (Å²) in [6.45, 7) is 4.43. The van der Waals surface area contributed by atoms with Crippen LogP contribution in [0.15, 0.2) is 23.0 Å². The van der Waals surface area contributed by atoms with Gasteiger partial charge in [0, 0.05) is 26.2 Å². The van der Waals surface area contributed by atoms with Crippen molar-refractivity contribution >= 4 is 5.82 Å². The number of anilines is 1. The van der Waals surface area contributed by atoms with Crippen LogP contribution in [0.4, 0.5) is 5.82 Å². The van der Waals surface area contributed by atoms with Gasteiger partial charge in [-0.15, -0.1) is 0 Å². The van der Waals surface area contributed by atoms with Gasteiger partial charge in [0.2, 0.25) is 0 Å². The molecule has 0 saturated carbocycles. The smallest absolute Gasteiger partial charge is 0.251 e. The van der Waals surface area contributed by atoms with E-state index < -0.39 is 0 Å². The molecule has 0 aromatic carbocycles. The van der Waals surface area contributed by atoms with Crippen LogP contribution in [0.3, 0.4) is 0 Å². The van der Waals surface area contributed by atoms with Crippen molar-refractivity contribution in [1.82, 2.24) is 4.57 Å². The summed E-state index contributed by atoms with van der Waals surface area (Å²) < 4.78 is 1.73. The Morgan fingerprint density at radius 1 is 1.27 bits per heavy atom. The van der Waals surface area contributed by atoms with Gasteiger partial charge in [0.1, 0.15) is 5.82 Å². The van der Waals surface area contributed by atoms with Gasteiger partial charge in [-0.2, -0.15) is 0 Å². The molecule has 1 fully saturated rings. The van der Waals surface area contributed by atoms with E-state index in [2.05, 4.69) is 11.8 Å². The molecule has 0 amide bonds. The molecule has 0 radical (unpaired) electrons.